The maximum atomic E-state index is 13.9. The molecule has 0 aliphatic carbocycles. The van der Waals surface area contributed by atoms with Crippen LogP contribution in [0.3, 0.4) is 0 Å². The predicted octanol–water partition coefficient (Wildman–Crippen LogP) is 2.28. The Hall–Kier alpha value is -3.44. The Morgan fingerprint density at radius 3 is 2.35 bits per heavy atom. The second kappa shape index (κ2) is 5.94. The Kier molecular flexibility index (Phi) is 4.34. The van der Waals surface area contributed by atoms with Gasteiger partial charge in [0.2, 0.25) is 0 Å². The highest BCUT2D eigenvalue weighted by Crippen LogP contribution is 2.30. The number of nitro groups is 1. The van der Waals surface area contributed by atoms with Gasteiger partial charge in [-0.2, -0.15) is 15.8 Å². The molecule has 7 nitrogen and oxygen atoms in total. The van der Waals surface area contributed by atoms with Gasteiger partial charge in [-0.05, 0) is 18.6 Å². The monoisotopic (exact) mass is 271 g/mol. The second-order valence-corrected chi connectivity index (χ2v) is 3.56. The number of allylic oxidation sites excluding steroid dienone is 2. The number of nitriles is 3. The van der Waals surface area contributed by atoms with E-state index in [4.69, 9.17) is 15.8 Å². The average Bonchev–Trinajstić information content (AvgIpc) is 2.43. The summed E-state index contributed by atoms with van der Waals surface area (Å²) in [5, 5.41) is 39.1. The van der Waals surface area contributed by atoms with Gasteiger partial charge in [0, 0.05) is 6.07 Å². The van der Waals surface area contributed by atoms with Crippen LogP contribution in [0.5, 0.6) is 0 Å². The zero-order valence-electron chi connectivity index (χ0n) is 10.1. The number of anilines is 1. The molecule has 98 valence electrons. The van der Waals surface area contributed by atoms with Crippen LogP contribution in [0, 0.1) is 56.8 Å². The maximum absolute atomic E-state index is 13.9. The molecule has 0 fully saturated rings. The molecule has 1 aromatic rings. The molecule has 20 heavy (non-hydrogen) atoms. The summed E-state index contributed by atoms with van der Waals surface area (Å²) in [6.07, 6.45) is 0. The number of benzene rings is 1. The molecule has 8 heteroatoms. The van der Waals surface area contributed by atoms with Crippen molar-refractivity contribution >= 4 is 11.4 Å². The molecule has 0 unspecified atom stereocenters. The summed E-state index contributed by atoms with van der Waals surface area (Å²) in [6.45, 7) is 1.38. The van der Waals surface area contributed by atoms with E-state index in [-0.39, 0.29) is 5.56 Å². The smallest absolute Gasteiger partial charge is 0.295 e. The fourth-order valence-electron chi connectivity index (χ4n) is 1.35. The molecule has 0 saturated heterocycles. The lowest BCUT2D eigenvalue weighted by Crippen LogP contribution is -2.06. The van der Waals surface area contributed by atoms with E-state index >= 15 is 0 Å². The van der Waals surface area contributed by atoms with Gasteiger partial charge < -0.3 is 5.32 Å². The Labute approximate surface area is 112 Å². The quantitative estimate of drug-likeness (QED) is 0.510. The van der Waals surface area contributed by atoms with Gasteiger partial charge in [0.1, 0.15) is 23.9 Å². The van der Waals surface area contributed by atoms with E-state index in [0.29, 0.717) is 0 Å². The van der Waals surface area contributed by atoms with Crippen LogP contribution in [0.15, 0.2) is 23.4 Å². The SMILES string of the molecule is Cc1ccc([N+](=O)[O-])c(NC(C#N)=C(C#N)C#N)c1F. The van der Waals surface area contributed by atoms with Gasteiger partial charge in [-0.3, -0.25) is 10.1 Å². The molecule has 0 aliphatic rings. The first-order valence-corrected chi connectivity index (χ1v) is 5.11. The van der Waals surface area contributed by atoms with Gasteiger partial charge in [-0.15, -0.1) is 0 Å². The molecular formula is C12H6FN5O2. The molecule has 0 aromatic heterocycles. The van der Waals surface area contributed by atoms with E-state index in [1.165, 1.54) is 31.2 Å². The highest BCUT2D eigenvalue weighted by molar-refractivity contribution is 5.69. The largest absolute Gasteiger partial charge is 0.337 e. The minimum atomic E-state index is -0.929. The molecule has 0 radical (unpaired) electrons. The van der Waals surface area contributed by atoms with Gasteiger partial charge >= 0.3 is 0 Å². The number of halogens is 1. The van der Waals surface area contributed by atoms with E-state index in [2.05, 4.69) is 5.32 Å². The van der Waals surface area contributed by atoms with Gasteiger partial charge in [-0.25, -0.2) is 4.39 Å². The van der Waals surface area contributed by atoms with E-state index in [9.17, 15) is 14.5 Å². The highest BCUT2D eigenvalue weighted by Gasteiger charge is 2.21. The van der Waals surface area contributed by atoms with E-state index < -0.39 is 33.4 Å². The minimum Gasteiger partial charge on any atom is -0.337 e. The molecular weight excluding hydrogens is 265 g/mol. The summed E-state index contributed by atoms with van der Waals surface area (Å²) >= 11 is 0. The molecule has 0 saturated carbocycles. The van der Waals surface area contributed by atoms with Crippen LogP contribution < -0.4 is 5.32 Å². The summed E-state index contributed by atoms with van der Waals surface area (Å²) in [7, 11) is 0. The molecule has 0 spiro atoms. The zero-order valence-corrected chi connectivity index (χ0v) is 10.1. The first-order valence-electron chi connectivity index (χ1n) is 5.11. The van der Waals surface area contributed by atoms with Crippen molar-refractivity contribution in [2.75, 3.05) is 5.32 Å². The first kappa shape index (κ1) is 14.6. The molecule has 0 heterocycles. The minimum absolute atomic E-state index is 0.117. The number of hydrogen-bond donors (Lipinski definition) is 1. The second-order valence-electron chi connectivity index (χ2n) is 3.56. The third-order valence-corrected chi connectivity index (χ3v) is 2.35. The number of nitrogens with zero attached hydrogens (tertiary/aromatic N) is 4. The number of rotatable bonds is 3. The average molecular weight is 271 g/mol. The molecule has 1 rings (SSSR count). The third-order valence-electron chi connectivity index (χ3n) is 2.35. The normalized spacial score (nSPS) is 8.75. The Bertz CT molecular complexity index is 718. The van der Waals surface area contributed by atoms with Crippen LogP contribution in [0.25, 0.3) is 0 Å². The molecule has 0 bridgehead atoms. The number of aryl methyl sites for hydroxylation is 1. The standard InChI is InChI=1S/C12H6FN5O2/c1-7-2-3-10(18(19)20)12(11(7)13)17-9(6-16)8(4-14)5-15/h2-3,17H,1H3. The summed E-state index contributed by atoms with van der Waals surface area (Å²) in [6, 6.07) is 6.67. The topological polar surface area (TPSA) is 127 Å². The lowest BCUT2D eigenvalue weighted by Gasteiger charge is -2.08. The fraction of sp³-hybridized carbons (Fsp3) is 0.0833. The van der Waals surface area contributed by atoms with Crippen molar-refractivity contribution in [3.8, 4) is 18.2 Å². The summed E-state index contributed by atoms with van der Waals surface area (Å²) in [5.74, 6) is -0.929. The van der Waals surface area contributed by atoms with Crippen molar-refractivity contribution in [2.45, 2.75) is 6.92 Å². The predicted molar refractivity (Wildman–Crippen MR) is 65.3 cm³/mol. The summed E-state index contributed by atoms with van der Waals surface area (Å²) < 4.78 is 13.9. The van der Waals surface area contributed by atoms with Crippen molar-refractivity contribution in [2.24, 2.45) is 0 Å². The van der Waals surface area contributed by atoms with Crippen molar-refractivity contribution in [1.29, 1.82) is 15.8 Å². The van der Waals surface area contributed by atoms with Crippen molar-refractivity contribution in [3.63, 3.8) is 0 Å². The van der Waals surface area contributed by atoms with Crippen LogP contribution in [-0.4, -0.2) is 4.92 Å². The summed E-state index contributed by atoms with van der Waals surface area (Å²) in [4.78, 5) is 10.00. The fourth-order valence-corrected chi connectivity index (χ4v) is 1.35. The van der Waals surface area contributed by atoms with Gasteiger partial charge in [-0.1, -0.05) is 0 Å². The molecule has 0 amide bonds. The zero-order chi connectivity index (χ0) is 15.3. The van der Waals surface area contributed by atoms with E-state index in [1.807, 2.05) is 0 Å². The molecule has 1 aromatic carbocycles. The van der Waals surface area contributed by atoms with Crippen LogP contribution in [0.4, 0.5) is 15.8 Å². The lowest BCUT2D eigenvalue weighted by atomic mass is 10.1. The number of hydrogen-bond acceptors (Lipinski definition) is 6. The van der Waals surface area contributed by atoms with Gasteiger partial charge in [0.05, 0.1) is 4.92 Å². The lowest BCUT2D eigenvalue weighted by molar-refractivity contribution is -0.384. The van der Waals surface area contributed by atoms with Crippen LogP contribution in [0.2, 0.25) is 0 Å². The van der Waals surface area contributed by atoms with Crippen LogP contribution >= 0.6 is 0 Å². The third kappa shape index (κ3) is 2.69. The van der Waals surface area contributed by atoms with Gasteiger partial charge in [0.15, 0.2) is 17.1 Å². The Balaban J connectivity index is 3.50. The van der Waals surface area contributed by atoms with Crippen molar-refractivity contribution < 1.29 is 9.31 Å². The van der Waals surface area contributed by atoms with Gasteiger partial charge in [0.25, 0.3) is 5.69 Å². The number of nitrogens with one attached hydrogen (secondary N) is 1. The van der Waals surface area contributed by atoms with E-state index in [0.717, 1.165) is 6.07 Å². The number of nitro benzene ring substituents is 1. The van der Waals surface area contributed by atoms with Crippen LogP contribution in [-0.2, 0) is 0 Å². The first-order chi connectivity index (χ1) is 9.46. The van der Waals surface area contributed by atoms with E-state index in [1.54, 1.807) is 0 Å². The van der Waals surface area contributed by atoms with Crippen LogP contribution in [0.1, 0.15) is 5.56 Å². The maximum Gasteiger partial charge on any atom is 0.295 e. The van der Waals surface area contributed by atoms with Crippen molar-refractivity contribution in [1.82, 2.24) is 0 Å². The Morgan fingerprint density at radius 1 is 1.30 bits per heavy atom. The highest BCUT2D eigenvalue weighted by atomic mass is 19.1. The molecule has 0 aliphatic heterocycles. The summed E-state index contributed by atoms with van der Waals surface area (Å²) in [5.41, 5.74) is -2.19. The molecule has 0 atom stereocenters. The Morgan fingerprint density at radius 2 is 1.90 bits per heavy atom. The van der Waals surface area contributed by atoms with Crippen molar-refractivity contribution in [3.05, 3.63) is 44.9 Å². The molecule has 1 N–H and O–H groups in total.